The van der Waals surface area contributed by atoms with Crippen LogP contribution in [-0.2, 0) is 9.53 Å². The van der Waals surface area contributed by atoms with Crippen molar-refractivity contribution in [1.29, 1.82) is 0 Å². The van der Waals surface area contributed by atoms with Crippen molar-refractivity contribution in [3.63, 3.8) is 0 Å². The van der Waals surface area contributed by atoms with Gasteiger partial charge in [-0.2, -0.15) is 0 Å². The zero-order valence-electron chi connectivity index (χ0n) is 11.8. The molecule has 2 heterocycles. The van der Waals surface area contributed by atoms with E-state index in [0.29, 0.717) is 18.0 Å². The number of rotatable bonds is 3. The Balaban J connectivity index is 2.05. The fourth-order valence-corrected chi connectivity index (χ4v) is 3.04. The number of nitrogens with one attached hydrogen (secondary N) is 1. The molecule has 0 aromatic rings. The predicted octanol–water partition coefficient (Wildman–Crippen LogP) is 1.40. The Bertz CT molecular complexity index is 296. The summed E-state index contributed by atoms with van der Waals surface area (Å²) in [5.41, 5.74) is 0. The normalized spacial score (nSPS) is 36.9. The van der Waals surface area contributed by atoms with Crippen molar-refractivity contribution in [1.82, 2.24) is 10.2 Å². The van der Waals surface area contributed by atoms with E-state index in [1.807, 2.05) is 6.92 Å². The summed E-state index contributed by atoms with van der Waals surface area (Å²) in [7, 11) is 0. The van der Waals surface area contributed by atoms with E-state index in [2.05, 4.69) is 24.1 Å². The van der Waals surface area contributed by atoms with Crippen LogP contribution in [-0.4, -0.2) is 48.7 Å². The SMILES string of the molecule is CCC1CN(C(=O)C2CCOC2C)C(CC)CN1. The van der Waals surface area contributed by atoms with Crippen molar-refractivity contribution in [2.45, 2.75) is 58.2 Å². The Hall–Kier alpha value is -0.610. The highest BCUT2D eigenvalue weighted by Crippen LogP contribution is 2.25. The summed E-state index contributed by atoms with van der Waals surface area (Å²) in [5, 5.41) is 3.53. The summed E-state index contributed by atoms with van der Waals surface area (Å²) in [4.78, 5) is 14.8. The summed E-state index contributed by atoms with van der Waals surface area (Å²) in [6.45, 7) is 8.88. The molecule has 1 amide bonds. The van der Waals surface area contributed by atoms with Gasteiger partial charge in [-0.15, -0.1) is 0 Å². The molecular formula is C14H26N2O2. The van der Waals surface area contributed by atoms with Crippen LogP contribution in [0.25, 0.3) is 0 Å². The number of piperazine rings is 1. The van der Waals surface area contributed by atoms with Crippen LogP contribution in [0.4, 0.5) is 0 Å². The Kier molecular flexibility index (Phi) is 4.62. The van der Waals surface area contributed by atoms with Gasteiger partial charge in [0, 0.05) is 31.8 Å². The first kappa shape index (κ1) is 13.8. The minimum absolute atomic E-state index is 0.0784. The third-order valence-corrected chi connectivity index (χ3v) is 4.44. The lowest BCUT2D eigenvalue weighted by Crippen LogP contribution is -2.59. The molecule has 4 nitrogen and oxygen atoms in total. The molecule has 0 aromatic heterocycles. The van der Waals surface area contributed by atoms with E-state index in [4.69, 9.17) is 4.74 Å². The molecule has 2 fully saturated rings. The molecule has 1 N–H and O–H groups in total. The molecule has 18 heavy (non-hydrogen) atoms. The zero-order valence-corrected chi connectivity index (χ0v) is 11.8. The summed E-state index contributed by atoms with van der Waals surface area (Å²) in [6, 6.07) is 0.808. The lowest BCUT2D eigenvalue weighted by Gasteiger charge is -2.41. The number of carbonyl (C=O) groups is 1. The largest absolute Gasteiger partial charge is 0.378 e. The molecule has 2 saturated heterocycles. The van der Waals surface area contributed by atoms with Crippen LogP contribution in [0.1, 0.15) is 40.0 Å². The van der Waals surface area contributed by atoms with Crippen molar-refractivity contribution >= 4 is 5.91 Å². The molecule has 104 valence electrons. The van der Waals surface area contributed by atoms with E-state index < -0.39 is 0 Å². The second-order valence-electron chi connectivity index (χ2n) is 5.54. The van der Waals surface area contributed by atoms with Crippen molar-refractivity contribution < 1.29 is 9.53 Å². The fraction of sp³-hybridized carbons (Fsp3) is 0.929. The topological polar surface area (TPSA) is 41.6 Å². The van der Waals surface area contributed by atoms with Gasteiger partial charge in [0.05, 0.1) is 12.0 Å². The maximum Gasteiger partial charge on any atom is 0.228 e. The van der Waals surface area contributed by atoms with E-state index in [0.717, 1.165) is 39.0 Å². The maximum atomic E-state index is 12.7. The number of ether oxygens (including phenoxy) is 1. The van der Waals surface area contributed by atoms with Gasteiger partial charge in [-0.1, -0.05) is 13.8 Å². The smallest absolute Gasteiger partial charge is 0.228 e. The van der Waals surface area contributed by atoms with E-state index in [9.17, 15) is 4.79 Å². The summed E-state index contributed by atoms with van der Waals surface area (Å²) >= 11 is 0. The first-order valence-corrected chi connectivity index (χ1v) is 7.32. The minimum Gasteiger partial charge on any atom is -0.378 e. The third kappa shape index (κ3) is 2.69. The molecule has 0 aromatic carbocycles. The van der Waals surface area contributed by atoms with Gasteiger partial charge < -0.3 is 15.0 Å². The van der Waals surface area contributed by atoms with Crippen LogP contribution in [0.5, 0.6) is 0 Å². The lowest BCUT2D eigenvalue weighted by atomic mass is 9.97. The molecule has 4 atom stereocenters. The Morgan fingerprint density at radius 3 is 2.72 bits per heavy atom. The van der Waals surface area contributed by atoms with Crippen LogP contribution in [0.3, 0.4) is 0 Å². The van der Waals surface area contributed by atoms with Crippen LogP contribution in [0.15, 0.2) is 0 Å². The van der Waals surface area contributed by atoms with E-state index in [1.54, 1.807) is 0 Å². The molecule has 2 rings (SSSR count). The van der Waals surface area contributed by atoms with Gasteiger partial charge in [0.25, 0.3) is 0 Å². The quantitative estimate of drug-likeness (QED) is 0.828. The molecule has 4 unspecified atom stereocenters. The predicted molar refractivity (Wildman–Crippen MR) is 71.4 cm³/mol. The highest BCUT2D eigenvalue weighted by Gasteiger charge is 2.38. The number of carbonyl (C=O) groups excluding carboxylic acids is 1. The maximum absolute atomic E-state index is 12.7. The second-order valence-corrected chi connectivity index (χ2v) is 5.54. The molecule has 2 aliphatic rings. The molecule has 0 spiro atoms. The van der Waals surface area contributed by atoms with E-state index in [1.165, 1.54) is 0 Å². The van der Waals surface area contributed by atoms with Gasteiger partial charge in [0.2, 0.25) is 5.91 Å². The Morgan fingerprint density at radius 2 is 2.17 bits per heavy atom. The summed E-state index contributed by atoms with van der Waals surface area (Å²) in [6.07, 6.45) is 3.08. The van der Waals surface area contributed by atoms with Gasteiger partial charge in [-0.25, -0.2) is 0 Å². The van der Waals surface area contributed by atoms with Gasteiger partial charge in [-0.3, -0.25) is 4.79 Å². The van der Waals surface area contributed by atoms with E-state index >= 15 is 0 Å². The van der Waals surface area contributed by atoms with Crippen LogP contribution < -0.4 is 5.32 Å². The molecule has 0 aliphatic carbocycles. The first-order valence-electron chi connectivity index (χ1n) is 7.32. The molecule has 0 radical (unpaired) electrons. The molecule has 2 aliphatic heterocycles. The summed E-state index contributed by atoms with van der Waals surface area (Å²) < 4.78 is 5.54. The average Bonchev–Trinajstić information content (AvgIpc) is 2.83. The highest BCUT2D eigenvalue weighted by atomic mass is 16.5. The third-order valence-electron chi connectivity index (χ3n) is 4.44. The zero-order chi connectivity index (χ0) is 13.1. The second kappa shape index (κ2) is 6.02. The van der Waals surface area contributed by atoms with Gasteiger partial charge in [-0.05, 0) is 26.2 Å². The molecule has 0 bridgehead atoms. The molecule has 0 saturated carbocycles. The van der Waals surface area contributed by atoms with E-state index in [-0.39, 0.29) is 12.0 Å². The number of hydrogen-bond donors (Lipinski definition) is 1. The van der Waals surface area contributed by atoms with Crippen LogP contribution in [0.2, 0.25) is 0 Å². The highest BCUT2D eigenvalue weighted by molar-refractivity contribution is 5.80. The van der Waals surface area contributed by atoms with Crippen molar-refractivity contribution in [3.05, 3.63) is 0 Å². The first-order chi connectivity index (χ1) is 8.67. The van der Waals surface area contributed by atoms with Crippen molar-refractivity contribution in [2.75, 3.05) is 19.7 Å². The minimum atomic E-state index is 0.0784. The lowest BCUT2D eigenvalue weighted by molar-refractivity contribution is -0.141. The van der Waals surface area contributed by atoms with Gasteiger partial charge in [0.15, 0.2) is 0 Å². The standard InChI is InChI=1S/C14H26N2O2/c1-4-11-9-16(12(5-2)8-15-11)14(17)13-6-7-18-10(13)3/h10-13,15H,4-9H2,1-3H3. The van der Waals surface area contributed by atoms with Crippen molar-refractivity contribution in [3.8, 4) is 0 Å². The molecule has 4 heteroatoms. The number of amides is 1. The molecular weight excluding hydrogens is 228 g/mol. The summed E-state index contributed by atoms with van der Waals surface area (Å²) in [5.74, 6) is 0.390. The number of hydrogen-bond acceptors (Lipinski definition) is 3. The van der Waals surface area contributed by atoms with Crippen molar-refractivity contribution in [2.24, 2.45) is 5.92 Å². The Labute approximate surface area is 110 Å². The monoisotopic (exact) mass is 254 g/mol. The van der Waals surface area contributed by atoms with Crippen LogP contribution >= 0.6 is 0 Å². The average molecular weight is 254 g/mol. The van der Waals surface area contributed by atoms with Crippen LogP contribution in [0, 0.1) is 5.92 Å². The van der Waals surface area contributed by atoms with Gasteiger partial charge in [0.1, 0.15) is 0 Å². The fourth-order valence-electron chi connectivity index (χ4n) is 3.04. The number of nitrogens with zero attached hydrogens (tertiary/aromatic N) is 1. The van der Waals surface area contributed by atoms with Gasteiger partial charge >= 0.3 is 0 Å². The Morgan fingerprint density at radius 1 is 1.39 bits per heavy atom.